The van der Waals surface area contributed by atoms with Crippen molar-refractivity contribution in [3.05, 3.63) is 65.4 Å². The van der Waals surface area contributed by atoms with Crippen molar-refractivity contribution < 1.29 is 13.9 Å². The lowest BCUT2D eigenvalue weighted by atomic mass is 9.78. The first-order valence-corrected chi connectivity index (χ1v) is 12.2. The predicted molar refractivity (Wildman–Crippen MR) is 133 cm³/mol. The Labute approximate surface area is 196 Å². The topological polar surface area (TPSA) is 63.5 Å². The van der Waals surface area contributed by atoms with Gasteiger partial charge in [-0.05, 0) is 54.4 Å². The third-order valence-electron chi connectivity index (χ3n) is 7.21. The number of carbonyl (C=O) groups excluding carboxylic acids is 1. The minimum Gasteiger partial charge on any atom is -0.493 e. The number of ether oxygens (including phenoxy) is 1. The van der Waals surface area contributed by atoms with E-state index in [1.807, 2.05) is 30.3 Å². The summed E-state index contributed by atoms with van der Waals surface area (Å²) in [5.41, 5.74) is 3.04. The van der Waals surface area contributed by atoms with Crippen molar-refractivity contribution in [2.24, 2.45) is 11.8 Å². The van der Waals surface area contributed by atoms with Gasteiger partial charge in [-0.2, -0.15) is 0 Å². The van der Waals surface area contributed by atoms with Crippen LogP contribution in [0.4, 0.5) is 0 Å². The van der Waals surface area contributed by atoms with E-state index in [4.69, 9.17) is 9.15 Å². The number of furan rings is 1. The van der Waals surface area contributed by atoms with Crippen LogP contribution >= 0.6 is 0 Å². The van der Waals surface area contributed by atoms with Gasteiger partial charge in [0, 0.05) is 24.5 Å². The fraction of sp³-hybridized carbons (Fsp3) is 0.464. The maximum Gasteiger partial charge on any atom is 0.287 e. The molecule has 4 rings (SSSR count). The second-order valence-electron chi connectivity index (χ2n) is 9.38. The third-order valence-corrected chi connectivity index (χ3v) is 7.21. The van der Waals surface area contributed by atoms with E-state index in [0.717, 1.165) is 36.3 Å². The molecule has 1 aromatic heterocycles. The maximum absolute atomic E-state index is 12.8. The van der Waals surface area contributed by atoms with Gasteiger partial charge in [-0.1, -0.05) is 63.1 Å². The highest BCUT2D eigenvalue weighted by Crippen LogP contribution is 2.33. The molecule has 1 aliphatic carbocycles. The average molecular weight is 449 g/mol. The standard InChI is InChI=1S/C28H36N2O3/c1-19-9-7-13-24(20(19)2)30-18-22-14-15-25(32-3)27-23(22)17-26(33-27)28(31)29-16-8-12-21-10-5-4-6-11-21/h4-6,10-11,14-15,17,19-20,24,30H,7-9,12-13,16,18H2,1-3H3,(H,29,31). The van der Waals surface area contributed by atoms with Gasteiger partial charge in [-0.3, -0.25) is 4.79 Å². The lowest BCUT2D eigenvalue weighted by Crippen LogP contribution is -2.40. The number of carbonyl (C=O) groups is 1. The molecule has 0 bridgehead atoms. The van der Waals surface area contributed by atoms with E-state index in [1.54, 1.807) is 7.11 Å². The Hall–Kier alpha value is -2.79. The van der Waals surface area contributed by atoms with Crippen molar-refractivity contribution in [2.45, 2.75) is 58.5 Å². The van der Waals surface area contributed by atoms with Gasteiger partial charge in [0.25, 0.3) is 5.91 Å². The minimum atomic E-state index is -0.185. The van der Waals surface area contributed by atoms with Crippen LogP contribution in [0.3, 0.4) is 0 Å². The van der Waals surface area contributed by atoms with E-state index < -0.39 is 0 Å². The lowest BCUT2D eigenvalue weighted by Gasteiger charge is -2.34. The molecule has 0 radical (unpaired) electrons. The maximum atomic E-state index is 12.8. The molecule has 5 heteroatoms. The summed E-state index contributed by atoms with van der Waals surface area (Å²) in [6, 6.07) is 16.7. The number of amides is 1. The molecule has 2 N–H and O–H groups in total. The molecule has 2 aromatic carbocycles. The summed E-state index contributed by atoms with van der Waals surface area (Å²) in [7, 11) is 1.63. The molecule has 3 aromatic rings. The van der Waals surface area contributed by atoms with Gasteiger partial charge in [0.1, 0.15) is 0 Å². The first kappa shape index (κ1) is 23.4. The number of methoxy groups -OCH3 is 1. The SMILES string of the molecule is COc1ccc(CNC2CCCC(C)C2C)c2cc(C(=O)NCCCc3ccccc3)oc12. The molecule has 176 valence electrons. The number of aryl methyl sites for hydroxylation is 1. The summed E-state index contributed by atoms with van der Waals surface area (Å²) in [6.45, 7) is 6.06. The van der Waals surface area contributed by atoms with Crippen molar-refractivity contribution in [1.82, 2.24) is 10.6 Å². The minimum absolute atomic E-state index is 0.185. The molecule has 1 fully saturated rings. The molecule has 1 amide bonds. The molecule has 3 atom stereocenters. The van der Waals surface area contributed by atoms with E-state index in [0.29, 0.717) is 35.6 Å². The number of fused-ring (bicyclic) bond motifs is 1. The quantitative estimate of drug-likeness (QED) is 0.411. The van der Waals surface area contributed by atoms with E-state index in [9.17, 15) is 4.79 Å². The van der Waals surface area contributed by atoms with Crippen molar-refractivity contribution in [1.29, 1.82) is 0 Å². The van der Waals surface area contributed by atoms with Gasteiger partial charge < -0.3 is 19.8 Å². The number of nitrogens with one attached hydrogen (secondary N) is 2. The molecule has 0 saturated heterocycles. The van der Waals surface area contributed by atoms with Crippen LogP contribution in [0.5, 0.6) is 5.75 Å². The molecule has 0 spiro atoms. The fourth-order valence-corrected chi connectivity index (χ4v) is 4.92. The smallest absolute Gasteiger partial charge is 0.287 e. The monoisotopic (exact) mass is 448 g/mol. The van der Waals surface area contributed by atoms with Crippen LogP contribution in [0.2, 0.25) is 0 Å². The Bertz CT molecular complexity index is 1060. The summed E-state index contributed by atoms with van der Waals surface area (Å²) in [4.78, 5) is 12.8. The Morgan fingerprint density at radius 1 is 1.12 bits per heavy atom. The van der Waals surface area contributed by atoms with Crippen LogP contribution in [0.25, 0.3) is 11.0 Å². The van der Waals surface area contributed by atoms with Gasteiger partial charge in [-0.25, -0.2) is 0 Å². The first-order valence-electron chi connectivity index (χ1n) is 12.2. The average Bonchev–Trinajstić information content (AvgIpc) is 3.29. The molecule has 5 nitrogen and oxygen atoms in total. The summed E-state index contributed by atoms with van der Waals surface area (Å²) in [5.74, 6) is 2.20. The first-order chi connectivity index (χ1) is 16.1. The Morgan fingerprint density at radius 3 is 2.73 bits per heavy atom. The molecule has 0 aliphatic heterocycles. The number of benzene rings is 2. The highest BCUT2D eigenvalue weighted by molar-refractivity contribution is 5.98. The normalized spacial score (nSPS) is 20.6. The number of rotatable bonds is 9. The van der Waals surface area contributed by atoms with Gasteiger partial charge in [0.2, 0.25) is 0 Å². The number of hydrogen-bond acceptors (Lipinski definition) is 4. The van der Waals surface area contributed by atoms with Gasteiger partial charge >= 0.3 is 0 Å². The van der Waals surface area contributed by atoms with Gasteiger partial charge in [0.05, 0.1) is 7.11 Å². The zero-order valence-corrected chi connectivity index (χ0v) is 20.0. The predicted octanol–water partition coefficient (Wildman–Crippen LogP) is 5.72. The summed E-state index contributed by atoms with van der Waals surface area (Å²) in [6.07, 6.45) is 5.63. The molecule has 1 heterocycles. The van der Waals surface area contributed by atoms with E-state index in [-0.39, 0.29) is 5.91 Å². The summed E-state index contributed by atoms with van der Waals surface area (Å²) in [5, 5.41) is 7.69. The van der Waals surface area contributed by atoms with E-state index in [2.05, 4.69) is 42.7 Å². The Morgan fingerprint density at radius 2 is 1.94 bits per heavy atom. The summed E-state index contributed by atoms with van der Waals surface area (Å²) < 4.78 is 11.5. The van der Waals surface area contributed by atoms with Crippen LogP contribution in [0.1, 0.15) is 61.2 Å². The largest absolute Gasteiger partial charge is 0.493 e. The van der Waals surface area contributed by atoms with E-state index >= 15 is 0 Å². The van der Waals surface area contributed by atoms with Crippen molar-refractivity contribution in [2.75, 3.05) is 13.7 Å². The fourth-order valence-electron chi connectivity index (χ4n) is 4.92. The van der Waals surface area contributed by atoms with Crippen molar-refractivity contribution in [3.63, 3.8) is 0 Å². The second kappa shape index (κ2) is 10.9. The van der Waals surface area contributed by atoms with Crippen LogP contribution < -0.4 is 15.4 Å². The van der Waals surface area contributed by atoms with Crippen LogP contribution in [0, 0.1) is 11.8 Å². The van der Waals surface area contributed by atoms with Crippen LogP contribution in [-0.2, 0) is 13.0 Å². The van der Waals surface area contributed by atoms with Crippen molar-refractivity contribution in [3.8, 4) is 5.75 Å². The second-order valence-corrected chi connectivity index (χ2v) is 9.38. The van der Waals surface area contributed by atoms with E-state index in [1.165, 1.54) is 24.8 Å². The molecular weight excluding hydrogens is 412 g/mol. The van der Waals surface area contributed by atoms with Crippen LogP contribution in [0.15, 0.2) is 52.9 Å². The summed E-state index contributed by atoms with van der Waals surface area (Å²) >= 11 is 0. The van der Waals surface area contributed by atoms with Gasteiger partial charge in [-0.15, -0.1) is 0 Å². The zero-order valence-electron chi connectivity index (χ0n) is 20.0. The molecule has 1 saturated carbocycles. The lowest BCUT2D eigenvalue weighted by molar-refractivity contribution is 0.0927. The Kier molecular flexibility index (Phi) is 7.71. The number of hydrogen-bond donors (Lipinski definition) is 2. The molecule has 3 unspecified atom stereocenters. The van der Waals surface area contributed by atoms with Crippen molar-refractivity contribution >= 4 is 16.9 Å². The molecule has 33 heavy (non-hydrogen) atoms. The molecular formula is C28H36N2O3. The third kappa shape index (κ3) is 5.59. The highest BCUT2D eigenvalue weighted by atomic mass is 16.5. The van der Waals surface area contributed by atoms with Gasteiger partial charge in [0.15, 0.2) is 17.1 Å². The molecule has 1 aliphatic rings. The highest BCUT2D eigenvalue weighted by Gasteiger charge is 2.27. The zero-order chi connectivity index (χ0) is 23.2. The van der Waals surface area contributed by atoms with Crippen LogP contribution in [-0.4, -0.2) is 25.6 Å². The Balaban J connectivity index is 1.42.